The van der Waals surface area contributed by atoms with E-state index < -0.39 is 0 Å². The summed E-state index contributed by atoms with van der Waals surface area (Å²) < 4.78 is 5.45. The number of fused-ring (bicyclic) bond motifs is 2. The van der Waals surface area contributed by atoms with Crippen molar-refractivity contribution in [1.29, 1.82) is 0 Å². The van der Waals surface area contributed by atoms with E-state index in [2.05, 4.69) is 29.0 Å². The van der Waals surface area contributed by atoms with Crippen LogP contribution in [0.5, 0.6) is 0 Å². The van der Waals surface area contributed by atoms with Crippen molar-refractivity contribution in [2.24, 2.45) is 5.92 Å². The fraction of sp³-hybridized carbons (Fsp3) is 0.630. The molecule has 6 nitrogen and oxygen atoms in total. The first-order chi connectivity index (χ1) is 16.0. The van der Waals surface area contributed by atoms with Crippen LogP contribution in [0.15, 0.2) is 24.3 Å². The average molecular weight is 448 g/mol. The van der Waals surface area contributed by atoms with Gasteiger partial charge in [0.05, 0.1) is 11.6 Å². The molecule has 6 rings (SSSR count). The molecule has 2 saturated heterocycles. The van der Waals surface area contributed by atoms with Crippen LogP contribution in [0, 0.1) is 18.3 Å². The number of rotatable bonds is 3. The summed E-state index contributed by atoms with van der Waals surface area (Å²) in [6.07, 6.45) is 12.4. The van der Waals surface area contributed by atoms with Crippen LogP contribution >= 0.6 is 0 Å². The molecule has 3 heterocycles. The molecule has 33 heavy (non-hydrogen) atoms. The molecule has 1 aromatic rings. The molecule has 0 radical (unpaired) electrons. The summed E-state index contributed by atoms with van der Waals surface area (Å²) in [5, 5.41) is 0. The largest absolute Gasteiger partial charge is 0.448 e. The zero-order valence-electron chi connectivity index (χ0n) is 19.5. The van der Waals surface area contributed by atoms with Crippen LogP contribution in [0.1, 0.15) is 57.4 Å². The molecule has 4 unspecified atom stereocenters. The molecule has 4 fully saturated rings. The second-order valence-electron chi connectivity index (χ2n) is 10.8. The first kappa shape index (κ1) is 21.0. The van der Waals surface area contributed by atoms with Crippen molar-refractivity contribution in [2.45, 2.75) is 74.9 Å². The molecule has 0 bridgehead atoms. The van der Waals surface area contributed by atoms with E-state index in [1.807, 2.05) is 15.9 Å². The van der Waals surface area contributed by atoms with Gasteiger partial charge in [-0.25, -0.2) is 4.79 Å². The van der Waals surface area contributed by atoms with E-state index in [0.717, 1.165) is 51.0 Å². The van der Waals surface area contributed by atoms with E-state index in [-0.39, 0.29) is 23.0 Å². The molecule has 2 saturated carbocycles. The van der Waals surface area contributed by atoms with Crippen LogP contribution < -0.4 is 4.90 Å². The van der Waals surface area contributed by atoms with Gasteiger partial charge >= 0.3 is 6.09 Å². The van der Waals surface area contributed by atoms with Gasteiger partial charge in [0, 0.05) is 37.0 Å². The fourth-order valence-electron chi connectivity index (χ4n) is 7.88. The number of likely N-dealkylation sites (tertiary alicyclic amines) is 2. The maximum absolute atomic E-state index is 12.7. The Morgan fingerprint density at radius 3 is 2.76 bits per heavy atom. The van der Waals surface area contributed by atoms with E-state index in [9.17, 15) is 9.59 Å². The number of carbonyl (C=O) groups is 2. The van der Waals surface area contributed by atoms with Crippen molar-refractivity contribution in [2.75, 3.05) is 31.1 Å². The Balaban J connectivity index is 1.13. The van der Waals surface area contributed by atoms with Gasteiger partial charge in [0.15, 0.2) is 0 Å². The highest BCUT2D eigenvalue weighted by molar-refractivity contribution is 5.94. The lowest BCUT2D eigenvalue weighted by Gasteiger charge is -2.42. The first-order valence-electron chi connectivity index (χ1n) is 12.5. The van der Waals surface area contributed by atoms with Crippen LogP contribution in [0.3, 0.4) is 0 Å². The highest BCUT2D eigenvalue weighted by atomic mass is 16.6. The Labute approximate surface area is 196 Å². The van der Waals surface area contributed by atoms with Gasteiger partial charge in [-0.3, -0.25) is 9.69 Å². The van der Waals surface area contributed by atoms with Gasteiger partial charge in [-0.2, -0.15) is 0 Å². The molecular formula is C27H33N3O3. The summed E-state index contributed by atoms with van der Waals surface area (Å²) in [4.78, 5) is 31.7. The lowest BCUT2D eigenvalue weighted by molar-refractivity contribution is -0.116. The van der Waals surface area contributed by atoms with Gasteiger partial charge in [-0.1, -0.05) is 18.2 Å². The van der Waals surface area contributed by atoms with Gasteiger partial charge in [0.2, 0.25) is 5.91 Å². The Morgan fingerprint density at radius 2 is 2.00 bits per heavy atom. The highest BCUT2D eigenvalue weighted by Gasteiger charge is 2.75. The van der Waals surface area contributed by atoms with E-state index >= 15 is 0 Å². The summed E-state index contributed by atoms with van der Waals surface area (Å²) >= 11 is 0. The van der Waals surface area contributed by atoms with Crippen molar-refractivity contribution in [3.05, 3.63) is 29.8 Å². The maximum Gasteiger partial charge on any atom is 0.410 e. The van der Waals surface area contributed by atoms with E-state index in [1.54, 1.807) is 6.92 Å². The number of nitrogens with zero attached hydrogens (tertiary/aromatic N) is 3. The van der Waals surface area contributed by atoms with Crippen molar-refractivity contribution < 1.29 is 14.3 Å². The number of amides is 2. The molecule has 6 heteroatoms. The summed E-state index contributed by atoms with van der Waals surface area (Å²) in [6, 6.07) is 9.38. The highest BCUT2D eigenvalue weighted by Crippen LogP contribution is 2.65. The molecule has 0 N–H and O–H groups in total. The molecule has 2 spiro atoms. The summed E-state index contributed by atoms with van der Waals surface area (Å²) in [5.74, 6) is 3.28. The van der Waals surface area contributed by atoms with Crippen LogP contribution in [-0.2, 0) is 14.9 Å². The summed E-state index contributed by atoms with van der Waals surface area (Å²) in [6.45, 7) is 4.92. The minimum absolute atomic E-state index is 0.0401. The van der Waals surface area contributed by atoms with E-state index in [1.165, 1.54) is 18.4 Å². The monoisotopic (exact) mass is 447 g/mol. The number of para-hydroxylation sites is 1. The van der Waals surface area contributed by atoms with Crippen LogP contribution in [0.2, 0.25) is 0 Å². The van der Waals surface area contributed by atoms with Crippen molar-refractivity contribution in [3.8, 4) is 12.3 Å². The van der Waals surface area contributed by atoms with Gasteiger partial charge < -0.3 is 14.5 Å². The molecule has 2 aliphatic carbocycles. The van der Waals surface area contributed by atoms with Crippen molar-refractivity contribution >= 4 is 17.7 Å². The Kier molecular flexibility index (Phi) is 4.78. The SMILES string of the molecule is C#CCCOC(=O)N1C2CCC3CC(N4CCC5(CC4)CN(C(C)=O)c4ccccc45)CC321. The number of benzene rings is 1. The number of terminal acetylenes is 1. The van der Waals surface area contributed by atoms with Crippen LogP contribution in [-0.4, -0.2) is 65.7 Å². The molecule has 1 aromatic carbocycles. The second-order valence-corrected chi connectivity index (χ2v) is 10.8. The predicted molar refractivity (Wildman–Crippen MR) is 126 cm³/mol. The zero-order chi connectivity index (χ0) is 22.8. The third kappa shape index (κ3) is 2.98. The van der Waals surface area contributed by atoms with Crippen molar-refractivity contribution in [3.63, 3.8) is 0 Å². The second kappa shape index (κ2) is 7.50. The third-order valence-corrected chi connectivity index (χ3v) is 9.43. The molecule has 4 atom stereocenters. The predicted octanol–water partition coefficient (Wildman–Crippen LogP) is 3.54. The number of carbonyl (C=O) groups excluding carboxylic acids is 2. The van der Waals surface area contributed by atoms with Crippen molar-refractivity contribution in [1.82, 2.24) is 9.80 Å². The summed E-state index contributed by atoms with van der Waals surface area (Å²) in [5.41, 5.74) is 2.58. The van der Waals surface area contributed by atoms with E-state index in [4.69, 9.17) is 11.2 Å². The molecule has 5 aliphatic rings. The number of ether oxygens (including phenoxy) is 1. The lowest BCUT2D eigenvalue weighted by atomic mass is 9.74. The number of anilines is 1. The van der Waals surface area contributed by atoms with E-state index in [0.29, 0.717) is 31.0 Å². The third-order valence-electron chi connectivity index (χ3n) is 9.43. The molecule has 0 aromatic heterocycles. The summed E-state index contributed by atoms with van der Waals surface area (Å²) in [7, 11) is 0. The minimum Gasteiger partial charge on any atom is -0.448 e. The lowest BCUT2D eigenvalue weighted by Crippen LogP contribution is -2.48. The molecule has 3 aliphatic heterocycles. The Hall–Kier alpha value is -2.52. The Bertz CT molecular complexity index is 1020. The van der Waals surface area contributed by atoms with Crippen LogP contribution in [0.25, 0.3) is 0 Å². The van der Waals surface area contributed by atoms with Gasteiger partial charge in [-0.05, 0) is 69.2 Å². The first-order valence-corrected chi connectivity index (χ1v) is 12.5. The Morgan fingerprint density at radius 1 is 1.21 bits per heavy atom. The van der Waals surface area contributed by atoms with Gasteiger partial charge in [0.25, 0.3) is 0 Å². The molecular weight excluding hydrogens is 414 g/mol. The average Bonchev–Trinajstić information content (AvgIpc) is 3.09. The number of hydrogen-bond donors (Lipinski definition) is 0. The molecule has 2 amide bonds. The molecule has 174 valence electrons. The quantitative estimate of drug-likeness (QED) is 0.404. The van der Waals surface area contributed by atoms with Crippen LogP contribution in [0.4, 0.5) is 10.5 Å². The topological polar surface area (TPSA) is 52.9 Å². The normalized spacial score (nSPS) is 33.4. The fourth-order valence-corrected chi connectivity index (χ4v) is 7.88. The standard InChI is InChI=1S/C27H33N3O3/c1-3-4-15-33-25(32)30-24-10-9-20-16-21(17-27(20,24)30)28-13-11-26(12-14-28)18-29(19(2)31)23-8-6-5-7-22(23)26/h1,5-8,20-21,24H,4,9-18H2,2H3. The maximum atomic E-state index is 12.7. The van der Waals surface area contributed by atoms with Gasteiger partial charge in [-0.15, -0.1) is 12.3 Å². The van der Waals surface area contributed by atoms with Gasteiger partial charge in [0.1, 0.15) is 6.61 Å². The smallest absolute Gasteiger partial charge is 0.410 e. The number of piperidine rings is 2. The number of hydrogen-bond acceptors (Lipinski definition) is 4. The minimum atomic E-state index is -0.162. The zero-order valence-corrected chi connectivity index (χ0v) is 19.5.